The van der Waals surface area contributed by atoms with E-state index < -0.39 is 0 Å². The van der Waals surface area contributed by atoms with Crippen LogP contribution in [0.5, 0.6) is 0 Å². The maximum Gasteiger partial charge on any atom is 0.221 e. The van der Waals surface area contributed by atoms with Gasteiger partial charge in [0.1, 0.15) is 0 Å². The Morgan fingerprint density at radius 1 is 1.29 bits per heavy atom. The van der Waals surface area contributed by atoms with Crippen LogP contribution in [0.25, 0.3) is 0 Å². The minimum atomic E-state index is -0.366. The molecule has 2 unspecified atom stereocenters. The Bertz CT molecular complexity index is 490. The van der Waals surface area contributed by atoms with Crippen molar-refractivity contribution in [1.29, 1.82) is 0 Å². The molecule has 1 aliphatic carbocycles. The highest BCUT2D eigenvalue weighted by atomic mass is 32.2. The standard InChI is InChI=1S/C17H25NO2S/c1-12-7-8-14(11-13(12)2)21-10-9-17(20)18-15-5-3-4-6-16(15)19/h7-8,11,15-16,19H,3-6,9-10H2,1-2H3,(H,18,20). The van der Waals surface area contributed by atoms with Crippen molar-refractivity contribution in [3.63, 3.8) is 0 Å². The van der Waals surface area contributed by atoms with Gasteiger partial charge in [0.25, 0.3) is 0 Å². The third kappa shape index (κ3) is 5.04. The molecule has 1 aliphatic rings. The molecule has 0 saturated heterocycles. The summed E-state index contributed by atoms with van der Waals surface area (Å²) in [4.78, 5) is 13.1. The van der Waals surface area contributed by atoms with Crippen LogP contribution in [0.3, 0.4) is 0 Å². The first-order chi connectivity index (χ1) is 10.1. The maximum atomic E-state index is 11.9. The molecule has 1 aromatic rings. The van der Waals surface area contributed by atoms with Gasteiger partial charge in [-0.05, 0) is 49.9 Å². The fourth-order valence-electron chi connectivity index (χ4n) is 2.62. The van der Waals surface area contributed by atoms with Crippen LogP contribution in [-0.4, -0.2) is 28.9 Å². The molecular weight excluding hydrogens is 282 g/mol. The van der Waals surface area contributed by atoms with Crippen LogP contribution in [0, 0.1) is 13.8 Å². The summed E-state index contributed by atoms with van der Waals surface area (Å²) in [6.07, 6.45) is 4.01. The van der Waals surface area contributed by atoms with E-state index in [0.717, 1.165) is 31.4 Å². The molecule has 1 saturated carbocycles. The number of benzene rings is 1. The summed E-state index contributed by atoms with van der Waals surface area (Å²) in [6, 6.07) is 6.35. The van der Waals surface area contributed by atoms with Crippen molar-refractivity contribution in [3.8, 4) is 0 Å². The Kier molecular flexibility index (Phi) is 6.12. The highest BCUT2D eigenvalue weighted by molar-refractivity contribution is 7.99. The molecule has 2 atom stereocenters. The Morgan fingerprint density at radius 3 is 2.76 bits per heavy atom. The van der Waals surface area contributed by atoms with Crippen molar-refractivity contribution < 1.29 is 9.90 Å². The Labute approximate surface area is 131 Å². The highest BCUT2D eigenvalue weighted by Crippen LogP contribution is 2.22. The second-order valence-corrected chi connectivity index (χ2v) is 7.04. The van der Waals surface area contributed by atoms with E-state index in [-0.39, 0.29) is 18.1 Å². The van der Waals surface area contributed by atoms with Crippen LogP contribution in [0.15, 0.2) is 23.1 Å². The van der Waals surface area contributed by atoms with Crippen molar-refractivity contribution in [3.05, 3.63) is 29.3 Å². The first kappa shape index (κ1) is 16.4. The average Bonchev–Trinajstić information content (AvgIpc) is 2.45. The first-order valence-corrected chi connectivity index (χ1v) is 8.72. The lowest BCUT2D eigenvalue weighted by atomic mass is 9.92. The minimum Gasteiger partial charge on any atom is -0.391 e. The Balaban J connectivity index is 1.72. The highest BCUT2D eigenvalue weighted by Gasteiger charge is 2.24. The van der Waals surface area contributed by atoms with Gasteiger partial charge >= 0.3 is 0 Å². The van der Waals surface area contributed by atoms with Gasteiger partial charge in [-0.1, -0.05) is 18.9 Å². The van der Waals surface area contributed by atoms with E-state index in [1.807, 2.05) is 0 Å². The molecule has 0 bridgehead atoms. The molecule has 0 heterocycles. The number of hydrogen-bond acceptors (Lipinski definition) is 3. The smallest absolute Gasteiger partial charge is 0.221 e. The van der Waals surface area contributed by atoms with Crippen LogP contribution < -0.4 is 5.32 Å². The zero-order valence-electron chi connectivity index (χ0n) is 12.9. The summed E-state index contributed by atoms with van der Waals surface area (Å²) in [7, 11) is 0. The van der Waals surface area contributed by atoms with Gasteiger partial charge in [0, 0.05) is 17.1 Å². The lowest BCUT2D eigenvalue weighted by Crippen LogP contribution is -2.45. The van der Waals surface area contributed by atoms with Gasteiger partial charge in [0.05, 0.1) is 12.1 Å². The third-order valence-corrected chi connectivity index (χ3v) is 5.15. The van der Waals surface area contributed by atoms with E-state index in [2.05, 4.69) is 37.4 Å². The third-order valence-electron chi connectivity index (χ3n) is 4.15. The van der Waals surface area contributed by atoms with E-state index >= 15 is 0 Å². The fraction of sp³-hybridized carbons (Fsp3) is 0.588. The van der Waals surface area contributed by atoms with Gasteiger partial charge in [-0.25, -0.2) is 0 Å². The predicted octanol–water partition coefficient (Wildman–Crippen LogP) is 3.21. The number of aryl methyl sites for hydroxylation is 2. The van der Waals surface area contributed by atoms with Gasteiger partial charge in [0.2, 0.25) is 5.91 Å². The fourth-order valence-corrected chi connectivity index (χ4v) is 3.57. The van der Waals surface area contributed by atoms with Crippen LogP contribution in [0.1, 0.15) is 43.2 Å². The van der Waals surface area contributed by atoms with Crippen LogP contribution in [-0.2, 0) is 4.79 Å². The van der Waals surface area contributed by atoms with Crippen molar-refractivity contribution in [2.45, 2.75) is 63.0 Å². The lowest BCUT2D eigenvalue weighted by molar-refractivity contribution is -0.122. The molecule has 4 heteroatoms. The second-order valence-electron chi connectivity index (χ2n) is 5.87. The van der Waals surface area contributed by atoms with Crippen molar-refractivity contribution in [2.75, 3.05) is 5.75 Å². The molecule has 0 radical (unpaired) electrons. The van der Waals surface area contributed by atoms with E-state index in [0.29, 0.717) is 6.42 Å². The summed E-state index contributed by atoms with van der Waals surface area (Å²) >= 11 is 1.71. The predicted molar refractivity (Wildman–Crippen MR) is 87.7 cm³/mol. The second kappa shape index (κ2) is 7.85. The van der Waals surface area contributed by atoms with Crippen LogP contribution in [0.2, 0.25) is 0 Å². The zero-order valence-corrected chi connectivity index (χ0v) is 13.7. The number of hydrogen-bond donors (Lipinski definition) is 2. The van der Waals surface area contributed by atoms with Crippen LogP contribution in [0.4, 0.5) is 0 Å². The molecule has 1 aromatic carbocycles. The average molecular weight is 307 g/mol. The summed E-state index contributed by atoms with van der Waals surface area (Å²) in [5.41, 5.74) is 2.58. The molecule has 2 rings (SSSR count). The molecule has 1 fully saturated rings. The monoisotopic (exact) mass is 307 g/mol. The number of amides is 1. The lowest BCUT2D eigenvalue weighted by Gasteiger charge is -2.28. The topological polar surface area (TPSA) is 49.3 Å². The molecule has 1 amide bonds. The molecule has 116 valence electrons. The molecule has 2 N–H and O–H groups in total. The minimum absolute atomic E-state index is 0.0436. The SMILES string of the molecule is Cc1ccc(SCCC(=O)NC2CCCCC2O)cc1C. The number of aliphatic hydroxyl groups is 1. The molecular formula is C17H25NO2S. The van der Waals surface area contributed by atoms with E-state index in [1.54, 1.807) is 11.8 Å². The Morgan fingerprint density at radius 2 is 2.05 bits per heavy atom. The van der Waals surface area contributed by atoms with Crippen molar-refractivity contribution in [1.82, 2.24) is 5.32 Å². The summed E-state index contributed by atoms with van der Waals surface area (Å²) in [5, 5.41) is 12.8. The summed E-state index contributed by atoms with van der Waals surface area (Å²) < 4.78 is 0. The first-order valence-electron chi connectivity index (χ1n) is 7.74. The summed E-state index contributed by atoms with van der Waals surface area (Å²) in [6.45, 7) is 4.21. The van der Waals surface area contributed by atoms with Gasteiger partial charge in [-0.3, -0.25) is 4.79 Å². The van der Waals surface area contributed by atoms with Gasteiger partial charge in [0.15, 0.2) is 0 Å². The number of carbonyl (C=O) groups excluding carboxylic acids is 1. The van der Waals surface area contributed by atoms with Gasteiger partial charge in [-0.15, -0.1) is 11.8 Å². The zero-order chi connectivity index (χ0) is 15.2. The number of nitrogens with one attached hydrogen (secondary N) is 1. The number of rotatable bonds is 5. The van der Waals surface area contributed by atoms with Crippen molar-refractivity contribution in [2.24, 2.45) is 0 Å². The van der Waals surface area contributed by atoms with E-state index in [9.17, 15) is 9.90 Å². The number of aliphatic hydroxyl groups excluding tert-OH is 1. The molecule has 0 spiro atoms. The molecule has 21 heavy (non-hydrogen) atoms. The van der Waals surface area contributed by atoms with E-state index in [1.165, 1.54) is 16.0 Å². The Hall–Kier alpha value is -1.00. The maximum absolute atomic E-state index is 11.9. The normalized spacial score (nSPS) is 22.0. The van der Waals surface area contributed by atoms with Crippen molar-refractivity contribution >= 4 is 17.7 Å². The van der Waals surface area contributed by atoms with Crippen LogP contribution >= 0.6 is 11.8 Å². The van der Waals surface area contributed by atoms with Gasteiger partial charge in [-0.2, -0.15) is 0 Å². The largest absolute Gasteiger partial charge is 0.391 e. The quantitative estimate of drug-likeness (QED) is 0.821. The number of thioether (sulfide) groups is 1. The molecule has 3 nitrogen and oxygen atoms in total. The summed E-state index contributed by atoms with van der Waals surface area (Å²) in [5.74, 6) is 0.828. The molecule has 0 aromatic heterocycles. The van der Waals surface area contributed by atoms with E-state index in [4.69, 9.17) is 0 Å². The molecule has 0 aliphatic heterocycles. The number of carbonyl (C=O) groups is 1. The van der Waals surface area contributed by atoms with Gasteiger partial charge < -0.3 is 10.4 Å².